The monoisotopic (exact) mass is 418 g/mol. The largest absolute Gasteiger partial charge is 0.345 e. The minimum Gasteiger partial charge on any atom is -0.345 e. The zero-order valence-electron chi connectivity index (χ0n) is 17.1. The number of halogens is 1. The van der Waals surface area contributed by atoms with Gasteiger partial charge in [0.15, 0.2) is 0 Å². The van der Waals surface area contributed by atoms with E-state index in [1.165, 1.54) is 17.0 Å². The number of benzene rings is 2. The molecule has 0 bridgehead atoms. The first-order valence-electron chi connectivity index (χ1n) is 9.50. The van der Waals surface area contributed by atoms with Crippen molar-refractivity contribution in [3.8, 4) is 11.3 Å². The lowest BCUT2D eigenvalue weighted by Gasteiger charge is -2.12. The lowest BCUT2D eigenvalue weighted by atomic mass is 10.0. The number of anilines is 1. The lowest BCUT2D eigenvalue weighted by molar-refractivity contribution is 0.0827. The van der Waals surface area contributed by atoms with E-state index < -0.39 is 11.7 Å². The molecule has 0 aliphatic heterocycles. The number of hydrogen-bond acceptors (Lipinski definition) is 5. The van der Waals surface area contributed by atoms with Crippen LogP contribution in [0.4, 0.5) is 10.1 Å². The average Bonchev–Trinajstić information content (AvgIpc) is 3.13. The molecule has 4 aromatic rings. The highest BCUT2D eigenvalue weighted by Crippen LogP contribution is 2.29. The highest BCUT2D eigenvalue weighted by molar-refractivity contribution is 6.13. The van der Waals surface area contributed by atoms with Crippen molar-refractivity contribution in [3.63, 3.8) is 0 Å². The number of carbonyl (C=O) groups excluding carboxylic acids is 2. The van der Waals surface area contributed by atoms with Crippen LogP contribution in [0.15, 0.2) is 59.1 Å². The zero-order valence-corrected chi connectivity index (χ0v) is 17.1. The molecule has 0 saturated heterocycles. The van der Waals surface area contributed by atoms with Gasteiger partial charge in [0.1, 0.15) is 5.82 Å². The SMILES string of the molecule is Cc1noc2nc(-c3ccccc3F)cc(C(=O)Nc3cccc(C(=O)N(C)C)c3)c12. The summed E-state index contributed by atoms with van der Waals surface area (Å²) in [5.74, 6) is -1.10. The Morgan fingerprint density at radius 3 is 2.58 bits per heavy atom. The highest BCUT2D eigenvalue weighted by Gasteiger charge is 2.21. The maximum absolute atomic E-state index is 14.3. The van der Waals surface area contributed by atoms with E-state index in [1.54, 1.807) is 63.5 Å². The first-order chi connectivity index (χ1) is 14.8. The van der Waals surface area contributed by atoms with Gasteiger partial charge in [-0.25, -0.2) is 9.37 Å². The molecule has 2 aromatic heterocycles. The molecule has 7 nitrogen and oxygen atoms in total. The molecule has 0 radical (unpaired) electrons. The van der Waals surface area contributed by atoms with E-state index in [9.17, 15) is 14.0 Å². The van der Waals surface area contributed by atoms with Crippen LogP contribution >= 0.6 is 0 Å². The molecule has 0 saturated carbocycles. The molecule has 4 rings (SSSR count). The molecule has 0 unspecified atom stereocenters. The Kier molecular flexibility index (Phi) is 5.21. The Bertz CT molecular complexity index is 1310. The fourth-order valence-electron chi connectivity index (χ4n) is 3.27. The molecule has 2 heterocycles. The molecule has 0 fully saturated rings. The van der Waals surface area contributed by atoms with Gasteiger partial charge >= 0.3 is 0 Å². The number of aromatic nitrogens is 2. The van der Waals surface area contributed by atoms with Gasteiger partial charge in [-0.1, -0.05) is 23.4 Å². The van der Waals surface area contributed by atoms with Crippen molar-refractivity contribution in [1.29, 1.82) is 0 Å². The van der Waals surface area contributed by atoms with Gasteiger partial charge < -0.3 is 14.7 Å². The van der Waals surface area contributed by atoms with Gasteiger partial charge in [-0.2, -0.15) is 0 Å². The number of nitrogens with one attached hydrogen (secondary N) is 1. The van der Waals surface area contributed by atoms with Crippen molar-refractivity contribution in [2.75, 3.05) is 19.4 Å². The molecule has 0 aliphatic carbocycles. The predicted octanol–water partition coefficient (Wildman–Crippen LogP) is 4.29. The smallest absolute Gasteiger partial charge is 0.259 e. The summed E-state index contributed by atoms with van der Waals surface area (Å²) in [7, 11) is 3.31. The molecule has 1 N–H and O–H groups in total. The molecule has 0 aliphatic rings. The number of nitrogens with zero attached hydrogens (tertiary/aromatic N) is 3. The van der Waals surface area contributed by atoms with E-state index in [0.29, 0.717) is 22.3 Å². The quantitative estimate of drug-likeness (QED) is 0.534. The normalized spacial score (nSPS) is 10.8. The van der Waals surface area contributed by atoms with Gasteiger partial charge in [-0.05, 0) is 43.3 Å². The van der Waals surface area contributed by atoms with Crippen LogP contribution in [0, 0.1) is 12.7 Å². The molecule has 2 amide bonds. The lowest BCUT2D eigenvalue weighted by Crippen LogP contribution is -2.22. The fourth-order valence-corrected chi connectivity index (χ4v) is 3.27. The van der Waals surface area contributed by atoms with Gasteiger partial charge in [-0.15, -0.1) is 0 Å². The first-order valence-corrected chi connectivity index (χ1v) is 9.50. The number of rotatable bonds is 4. The number of pyridine rings is 1. The van der Waals surface area contributed by atoms with Crippen LogP contribution in [-0.4, -0.2) is 41.0 Å². The third kappa shape index (κ3) is 3.87. The number of carbonyl (C=O) groups is 2. The number of aryl methyl sites for hydroxylation is 1. The van der Waals surface area contributed by atoms with Crippen molar-refractivity contribution in [1.82, 2.24) is 15.0 Å². The summed E-state index contributed by atoms with van der Waals surface area (Å²) in [6.07, 6.45) is 0. The second-order valence-corrected chi connectivity index (χ2v) is 7.22. The van der Waals surface area contributed by atoms with Crippen molar-refractivity contribution < 1.29 is 18.5 Å². The minimum atomic E-state index is -0.466. The maximum atomic E-state index is 14.3. The van der Waals surface area contributed by atoms with Crippen LogP contribution in [0.2, 0.25) is 0 Å². The molecule has 2 aromatic carbocycles. The highest BCUT2D eigenvalue weighted by atomic mass is 19.1. The van der Waals surface area contributed by atoms with E-state index >= 15 is 0 Å². The first kappa shape index (κ1) is 20.2. The van der Waals surface area contributed by atoms with Crippen molar-refractivity contribution in [3.05, 3.63) is 77.2 Å². The van der Waals surface area contributed by atoms with Crippen LogP contribution in [0.3, 0.4) is 0 Å². The molecule has 0 atom stereocenters. The Hall–Kier alpha value is -4.07. The van der Waals surface area contributed by atoms with Gasteiger partial charge in [0, 0.05) is 30.9 Å². The van der Waals surface area contributed by atoms with Gasteiger partial charge in [0.25, 0.3) is 17.5 Å². The third-order valence-electron chi connectivity index (χ3n) is 4.79. The summed E-state index contributed by atoms with van der Waals surface area (Å²) >= 11 is 0. The molecule has 156 valence electrons. The van der Waals surface area contributed by atoms with E-state index in [4.69, 9.17) is 4.52 Å². The molecular formula is C23H19FN4O3. The van der Waals surface area contributed by atoms with Crippen LogP contribution in [0.1, 0.15) is 26.4 Å². The van der Waals surface area contributed by atoms with Crippen LogP contribution < -0.4 is 5.32 Å². The number of fused-ring (bicyclic) bond motifs is 1. The Morgan fingerprint density at radius 1 is 1.06 bits per heavy atom. The standard InChI is InChI=1S/C23H19FN4O3/c1-13-20-17(21(29)25-15-8-6-7-14(11-15)23(30)28(2)3)12-19(26-22(20)31-27-13)16-9-4-5-10-18(16)24/h4-12H,1-3H3,(H,25,29). The number of hydrogen-bond donors (Lipinski definition) is 1. The average molecular weight is 418 g/mol. The van der Waals surface area contributed by atoms with Crippen molar-refractivity contribution in [2.24, 2.45) is 0 Å². The Labute approximate surface area is 177 Å². The van der Waals surface area contributed by atoms with Crippen LogP contribution in [-0.2, 0) is 0 Å². The molecule has 0 spiro atoms. The minimum absolute atomic E-state index is 0.139. The molecule has 8 heteroatoms. The summed E-state index contributed by atoms with van der Waals surface area (Å²) in [4.78, 5) is 31.2. The maximum Gasteiger partial charge on any atom is 0.259 e. The summed E-state index contributed by atoms with van der Waals surface area (Å²) in [6, 6.07) is 14.3. The van der Waals surface area contributed by atoms with E-state index in [2.05, 4.69) is 15.5 Å². The summed E-state index contributed by atoms with van der Waals surface area (Å²) < 4.78 is 19.6. The summed E-state index contributed by atoms with van der Waals surface area (Å²) in [6.45, 7) is 1.70. The third-order valence-corrected chi connectivity index (χ3v) is 4.79. The Balaban J connectivity index is 1.76. The molecule has 31 heavy (non-hydrogen) atoms. The Morgan fingerprint density at radius 2 is 1.84 bits per heavy atom. The van der Waals surface area contributed by atoms with E-state index in [0.717, 1.165) is 0 Å². The van der Waals surface area contributed by atoms with Crippen molar-refractivity contribution >= 4 is 28.6 Å². The second kappa shape index (κ2) is 7.98. The van der Waals surface area contributed by atoms with Gasteiger partial charge in [0.05, 0.1) is 22.3 Å². The second-order valence-electron chi connectivity index (χ2n) is 7.22. The molecular weight excluding hydrogens is 399 g/mol. The predicted molar refractivity (Wildman–Crippen MR) is 114 cm³/mol. The fraction of sp³-hybridized carbons (Fsp3) is 0.130. The van der Waals surface area contributed by atoms with E-state index in [-0.39, 0.29) is 28.4 Å². The van der Waals surface area contributed by atoms with Gasteiger partial charge in [0.2, 0.25) is 0 Å². The topological polar surface area (TPSA) is 88.3 Å². The summed E-state index contributed by atoms with van der Waals surface area (Å²) in [5, 5.41) is 7.14. The van der Waals surface area contributed by atoms with Crippen LogP contribution in [0.25, 0.3) is 22.4 Å². The van der Waals surface area contributed by atoms with E-state index in [1.807, 2.05) is 0 Å². The van der Waals surface area contributed by atoms with Crippen LogP contribution in [0.5, 0.6) is 0 Å². The van der Waals surface area contributed by atoms with Crippen molar-refractivity contribution in [2.45, 2.75) is 6.92 Å². The summed E-state index contributed by atoms with van der Waals surface area (Å²) in [5.41, 5.74) is 2.25. The number of amides is 2. The van der Waals surface area contributed by atoms with Gasteiger partial charge in [-0.3, -0.25) is 9.59 Å². The zero-order chi connectivity index (χ0) is 22.1.